The van der Waals surface area contributed by atoms with Gasteiger partial charge in [-0.2, -0.15) is 0 Å². The van der Waals surface area contributed by atoms with E-state index in [1.807, 2.05) is 0 Å². The highest BCUT2D eigenvalue weighted by atomic mass is 16.5. The van der Waals surface area contributed by atoms with Crippen LogP contribution in [0.15, 0.2) is 0 Å². The van der Waals surface area contributed by atoms with E-state index in [0.29, 0.717) is 6.04 Å². The van der Waals surface area contributed by atoms with Crippen molar-refractivity contribution in [2.45, 2.75) is 65.0 Å². The summed E-state index contributed by atoms with van der Waals surface area (Å²) in [6.07, 6.45) is 4.51. The summed E-state index contributed by atoms with van der Waals surface area (Å²) in [4.78, 5) is 0. The van der Waals surface area contributed by atoms with Crippen LogP contribution in [-0.4, -0.2) is 38.0 Å². The van der Waals surface area contributed by atoms with Crippen LogP contribution < -0.4 is 5.32 Å². The molecule has 0 saturated carbocycles. The first-order valence-electron chi connectivity index (χ1n) is 7.59. The van der Waals surface area contributed by atoms with Gasteiger partial charge in [0.1, 0.15) is 0 Å². The van der Waals surface area contributed by atoms with E-state index in [1.165, 1.54) is 12.8 Å². The molecule has 108 valence electrons. The molecule has 0 radical (unpaired) electrons. The molecule has 1 rings (SSSR count). The van der Waals surface area contributed by atoms with Crippen LogP contribution in [0.5, 0.6) is 0 Å². The largest absolute Gasteiger partial charge is 0.381 e. The fourth-order valence-electron chi connectivity index (χ4n) is 2.90. The molecule has 1 unspecified atom stereocenters. The van der Waals surface area contributed by atoms with E-state index in [2.05, 4.69) is 33.0 Å². The second-order valence-corrected chi connectivity index (χ2v) is 5.69. The van der Waals surface area contributed by atoms with Gasteiger partial charge in [-0.3, -0.25) is 0 Å². The lowest BCUT2D eigenvalue weighted by molar-refractivity contribution is -0.128. The summed E-state index contributed by atoms with van der Waals surface area (Å²) in [5.74, 6) is 0.754. The fourth-order valence-corrected chi connectivity index (χ4v) is 2.90. The first-order chi connectivity index (χ1) is 8.64. The maximum Gasteiger partial charge on any atom is 0.0878 e. The maximum atomic E-state index is 6.17. The number of rotatable bonds is 8. The average Bonchev–Trinajstić information content (AvgIpc) is 2.35. The van der Waals surface area contributed by atoms with E-state index >= 15 is 0 Å². The highest BCUT2D eigenvalue weighted by Crippen LogP contribution is 2.31. The molecule has 0 aliphatic carbocycles. The molecular formula is C15H31NO2. The normalized spacial score (nSPS) is 21.2. The summed E-state index contributed by atoms with van der Waals surface area (Å²) in [7, 11) is 0. The molecule has 0 amide bonds. The van der Waals surface area contributed by atoms with Crippen LogP contribution in [0.2, 0.25) is 0 Å². The topological polar surface area (TPSA) is 30.5 Å². The zero-order chi connectivity index (χ0) is 13.4. The van der Waals surface area contributed by atoms with Crippen LogP contribution in [0.3, 0.4) is 0 Å². The Bertz CT molecular complexity index is 207. The Kier molecular flexibility index (Phi) is 7.20. The van der Waals surface area contributed by atoms with Crippen LogP contribution >= 0.6 is 0 Å². The molecule has 1 aliphatic rings. The lowest BCUT2D eigenvalue weighted by Crippen LogP contribution is -2.55. The molecule has 0 bridgehead atoms. The number of hydrogen-bond donors (Lipinski definition) is 1. The summed E-state index contributed by atoms with van der Waals surface area (Å²) in [5, 5.41) is 3.65. The minimum absolute atomic E-state index is 0.00208. The molecular weight excluding hydrogens is 226 g/mol. The number of likely N-dealkylation sites (N-methyl/N-ethyl adjacent to an activating group) is 1. The van der Waals surface area contributed by atoms with Crippen molar-refractivity contribution in [3.63, 3.8) is 0 Å². The Morgan fingerprint density at radius 2 is 1.83 bits per heavy atom. The van der Waals surface area contributed by atoms with E-state index in [-0.39, 0.29) is 5.60 Å². The van der Waals surface area contributed by atoms with Gasteiger partial charge in [0.25, 0.3) is 0 Å². The quantitative estimate of drug-likeness (QED) is 0.725. The van der Waals surface area contributed by atoms with Gasteiger partial charge in [0, 0.05) is 38.7 Å². The van der Waals surface area contributed by atoms with E-state index in [0.717, 1.165) is 45.1 Å². The van der Waals surface area contributed by atoms with Gasteiger partial charge in [-0.1, -0.05) is 20.8 Å². The van der Waals surface area contributed by atoms with Crippen molar-refractivity contribution < 1.29 is 9.47 Å². The van der Waals surface area contributed by atoms with Gasteiger partial charge < -0.3 is 14.8 Å². The predicted octanol–water partition coefficient (Wildman–Crippen LogP) is 2.99. The van der Waals surface area contributed by atoms with Crippen LogP contribution in [-0.2, 0) is 9.47 Å². The molecule has 1 fully saturated rings. The molecule has 1 saturated heterocycles. The molecule has 1 aliphatic heterocycles. The van der Waals surface area contributed by atoms with Gasteiger partial charge in [-0.15, -0.1) is 0 Å². The van der Waals surface area contributed by atoms with E-state index in [1.54, 1.807) is 0 Å². The molecule has 3 heteroatoms. The lowest BCUT2D eigenvalue weighted by Gasteiger charge is -2.43. The smallest absolute Gasteiger partial charge is 0.0878 e. The van der Waals surface area contributed by atoms with Gasteiger partial charge in [-0.05, 0) is 32.2 Å². The first-order valence-corrected chi connectivity index (χ1v) is 7.59. The zero-order valence-corrected chi connectivity index (χ0v) is 12.6. The maximum absolute atomic E-state index is 6.17. The predicted molar refractivity (Wildman–Crippen MR) is 75.9 cm³/mol. The molecule has 1 atom stereocenters. The molecule has 1 N–H and O–H groups in total. The van der Waals surface area contributed by atoms with Crippen molar-refractivity contribution in [3.05, 3.63) is 0 Å². The SMILES string of the molecule is CCNC(CCC(C)C)C1(OCC)CCOCC1. The Labute approximate surface area is 113 Å². The summed E-state index contributed by atoms with van der Waals surface area (Å²) in [6.45, 7) is 12.3. The Hall–Kier alpha value is -0.120. The molecule has 0 aromatic heterocycles. The third-order valence-electron chi connectivity index (χ3n) is 3.89. The lowest BCUT2D eigenvalue weighted by atomic mass is 9.82. The van der Waals surface area contributed by atoms with Crippen molar-refractivity contribution in [2.24, 2.45) is 5.92 Å². The third kappa shape index (κ3) is 4.52. The highest BCUT2D eigenvalue weighted by molar-refractivity contribution is 4.95. The second-order valence-electron chi connectivity index (χ2n) is 5.69. The van der Waals surface area contributed by atoms with Crippen molar-refractivity contribution in [1.29, 1.82) is 0 Å². The zero-order valence-electron chi connectivity index (χ0n) is 12.6. The summed E-state index contributed by atoms with van der Waals surface area (Å²) < 4.78 is 11.7. The Morgan fingerprint density at radius 1 is 1.17 bits per heavy atom. The van der Waals surface area contributed by atoms with Crippen molar-refractivity contribution in [3.8, 4) is 0 Å². The van der Waals surface area contributed by atoms with Crippen molar-refractivity contribution in [2.75, 3.05) is 26.4 Å². The highest BCUT2D eigenvalue weighted by Gasteiger charge is 2.40. The van der Waals surface area contributed by atoms with Gasteiger partial charge in [0.15, 0.2) is 0 Å². The van der Waals surface area contributed by atoms with Crippen LogP contribution in [0.1, 0.15) is 53.4 Å². The molecule has 0 aromatic rings. The van der Waals surface area contributed by atoms with Crippen molar-refractivity contribution in [1.82, 2.24) is 5.32 Å². The third-order valence-corrected chi connectivity index (χ3v) is 3.89. The number of nitrogens with one attached hydrogen (secondary N) is 1. The summed E-state index contributed by atoms with van der Waals surface area (Å²) in [6, 6.07) is 0.466. The monoisotopic (exact) mass is 257 g/mol. The summed E-state index contributed by atoms with van der Waals surface area (Å²) in [5.41, 5.74) is -0.00208. The van der Waals surface area contributed by atoms with Crippen LogP contribution in [0, 0.1) is 5.92 Å². The van der Waals surface area contributed by atoms with Gasteiger partial charge >= 0.3 is 0 Å². The number of hydrogen-bond acceptors (Lipinski definition) is 3. The van der Waals surface area contributed by atoms with Crippen molar-refractivity contribution >= 4 is 0 Å². The van der Waals surface area contributed by atoms with Crippen LogP contribution in [0.4, 0.5) is 0 Å². The first kappa shape index (κ1) is 15.9. The number of ether oxygens (including phenoxy) is 2. The minimum atomic E-state index is -0.00208. The van der Waals surface area contributed by atoms with Gasteiger partial charge in [0.2, 0.25) is 0 Å². The molecule has 0 aromatic carbocycles. The summed E-state index contributed by atoms with van der Waals surface area (Å²) >= 11 is 0. The Balaban J connectivity index is 2.69. The average molecular weight is 257 g/mol. The van der Waals surface area contributed by atoms with Gasteiger partial charge in [0.05, 0.1) is 5.60 Å². The minimum Gasteiger partial charge on any atom is -0.381 e. The molecule has 1 heterocycles. The Morgan fingerprint density at radius 3 is 2.33 bits per heavy atom. The van der Waals surface area contributed by atoms with Crippen LogP contribution in [0.25, 0.3) is 0 Å². The standard InChI is InChI=1S/C15H31NO2/c1-5-16-14(8-7-13(3)4)15(18-6-2)9-11-17-12-10-15/h13-14,16H,5-12H2,1-4H3. The molecule has 0 spiro atoms. The second kappa shape index (κ2) is 8.13. The van der Waals surface area contributed by atoms with E-state index in [4.69, 9.17) is 9.47 Å². The van der Waals surface area contributed by atoms with E-state index in [9.17, 15) is 0 Å². The molecule has 18 heavy (non-hydrogen) atoms. The van der Waals surface area contributed by atoms with E-state index < -0.39 is 0 Å². The molecule has 3 nitrogen and oxygen atoms in total. The van der Waals surface area contributed by atoms with Gasteiger partial charge in [-0.25, -0.2) is 0 Å². The fraction of sp³-hybridized carbons (Fsp3) is 1.00.